The van der Waals surface area contributed by atoms with Crippen LogP contribution in [0.25, 0.3) is 27.7 Å². The molecule has 4 heterocycles. The second-order valence-electron chi connectivity index (χ2n) is 7.64. The summed E-state index contributed by atoms with van der Waals surface area (Å²) in [5, 5.41) is 8.92. The van der Waals surface area contributed by atoms with Gasteiger partial charge >= 0.3 is 0 Å². The molecule has 146 valence electrons. The summed E-state index contributed by atoms with van der Waals surface area (Å²) < 4.78 is 7.80. The van der Waals surface area contributed by atoms with Crippen molar-refractivity contribution in [2.45, 2.75) is 12.8 Å². The van der Waals surface area contributed by atoms with Crippen molar-refractivity contribution >= 4 is 35.7 Å². The van der Waals surface area contributed by atoms with Crippen LogP contribution in [0.4, 0.5) is 5.82 Å². The Morgan fingerprint density at radius 1 is 1.21 bits per heavy atom. The number of piperidine rings is 1. The molecule has 1 aromatic carbocycles. The number of anilines is 1. The maximum atomic E-state index is 6.36. The number of hydrogen-bond acceptors (Lipinski definition) is 6. The van der Waals surface area contributed by atoms with Crippen molar-refractivity contribution in [3.63, 3.8) is 0 Å². The van der Waals surface area contributed by atoms with E-state index in [0.29, 0.717) is 29.9 Å². The van der Waals surface area contributed by atoms with Crippen LogP contribution in [0.5, 0.6) is 5.88 Å². The van der Waals surface area contributed by atoms with Gasteiger partial charge in [0.25, 0.3) is 0 Å². The summed E-state index contributed by atoms with van der Waals surface area (Å²) in [6.07, 6.45) is 5.89. The number of nitrogens with two attached hydrogens (primary N) is 1. The predicted molar refractivity (Wildman–Crippen MR) is 117 cm³/mol. The molecule has 0 spiro atoms. The molecule has 4 aromatic rings. The minimum Gasteiger partial charge on any atom is -0.478 e. The van der Waals surface area contributed by atoms with Crippen molar-refractivity contribution in [2.75, 3.05) is 25.4 Å². The summed E-state index contributed by atoms with van der Waals surface area (Å²) in [4.78, 5) is 9.36. The smallest absolute Gasteiger partial charge is 0.212 e. The number of benzene rings is 1. The van der Waals surface area contributed by atoms with E-state index in [9.17, 15) is 0 Å². The second-order valence-corrected chi connectivity index (χ2v) is 7.64. The summed E-state index contributed by atoms with van der Waals surface area (Å²) in [5.74, 6) is 1.68. The van der Waals surface area contributed by atoms with E-state index in [1.165, 1.54) is 0 Å². The van der Waals surface area contributed by atoms with Gasteiger partial charge in [0.05, 0.1) is 18.3 Å². The zero-order valence-corrected chi connectivity index (χ0v) is 16.4. The fraction of sp³-hybridized carbons (Fsp3) is 0.286. The largest absolute Gasteiger partial charge is 0.478 e. The maximum Gasteiger partial charge on any atom is 0.212 e. The third-order valence-electron chi connectivity index (χ3n) is 5.70. The van der Waals surface area contributed by atoms with Gasteiger partial charge < -0.3 is 15.8 Å². The van der Waals surface area contributed by atoms with Crippen molar-refractivity contribution in [1.82, 2.24) is 24.9 Å². The predicted octanol–water partition coefficient (Wildman–Crippen LogP) is 1.16. The molecule has 29 heavy (non-hydrogen) atoms. The van der Waals surface area contributed by atoms with Gasteiger partial charge in [-0.05, 0) is 44.0 Å². The highest BCUT2D eigenvalue weighted by Gasteiger charge is 2.19. The Balaban J connectivity index is 1.53. The van der Waals surface area contributed by atoms with Gasteiger partial charge in [-0.2, -0.15) is 14.6 Å². The van der Waals surface area contributed by atoms with Gasteiger partial charge in [0.1, 0.15) is 5.82 Å². The Kier molecular flexibility index (Phi) is 4.56. The monoisotopic (exact) mass is 386 g/mol. The van der Waals surface area contributed by atoms with Crippen LogP contribution in [0, 0.1) is 5.92 Å². The Morgan fingerprint density at radius 2 is 2.03 bits per heavy atom. The molecule has 5 rings (SSSR count). The summed E-state index contributed by atoms with van der Waals surface area (Å²) >= 11 is 0. The molecular weight excluding hydrogens is 363 g/mol. The number of pyridine rings is 1. The second kappa shape index (κ2) is 7.37. The van der Waals surface area contributed by atoms with Crippen LogP contribution in [-0.4, -0.2) is 47.1 Å². The lowest BCUT2D eigenvalue weighted by Gasteiger charge is -2.23. The SMILES string of the molecule is Bc1c(OCC2CCNCC2)nc2c(-c3cnc4ccccc4c3)cnn2c1N. The first-order valence-corrected chi connectivity index (χ1v) is 10.0. The van der Waals surface area contributed by atoms with Crippen molar-refractivity contribution in [2.24, 2.45) is 5.92 Å². The van der Waals surface area contributed by atoms with Gasteiger partial charge in [-0.15, -0.1) is 0 Å². The number of nitrogens with zero attached hydrogens (tertiary/aromatic N) is 4. The van der Waals surface area contributed by atoms with Crippen molar-refractivity contribution < 1.29 is 4.74 Å². The van der Waals surface area contributed by atoms with E-state index in [-0.39, 0.29) is 0 Å². The molecule has 1 fully saturated rings. The molecular formula is C21H23BN6O. The molecule has 0 amide bonds. The molecule has 0 unspecified atom stereocenters. The van der Waals surface area contributed by atoms with E-state index in [4.69, 9.17) is 15.5 Å². The van der Waals surface area contributed by atoms with Gasteiger partial charge in [-0.1, -0.05) is 18.2 Å². The molecule has 0 aliphatic carbocycles. The lowest BCUT2D eigenvalue weighted by Crippen LogP contribution is -2.31. The molecule has 0 bridgehead atoms. The highest BCUT2D eigenvalue weighted by Crippen LogP contribution is 2.27. The summed E-state index contributed by atoms with van der Waals surface area (Å²) in [7, 11) is 1.93. The number of fused-ring (bicyclic) bond motifs is 2. The normalized spacial score (nSPS) is 15.2. The minimum atomic E-state index is 0.545. The van der Waals surface area contributed by atoms with Crippen LogP contribution in [0.3, 0.4) is 0 Å². The van der Waals surface area contributed by atoms with E-state index in [1.807, 2.05) is 32.2 Å². The van der Waals surface area contributed by atoms with Crippen LogP contribution in [-0.2, 0) is 0 Å². The number of ether oxygens (including phenoxy) is 1. The Morgan fingerprint density at radius 3 is 2.90 bits per heavy atom. The summed E-state index contributed by atoms with van der Waals surface area (Å²) in [6.45, 7) is 2.75. The summed E-state index contributed by atoms with van der Waals surface area (Å²) in [6, 6.07) is 10.2. The van der Waals surface area contributed by atoms with Crippen molar-refractivity contribution in [3.05, 3.63) is 42.7 Å². The molecule has 0 radical (unpaired) electrons. The standard InChI is InChI=1S/C21H23BN6O/c22-18-19(23)28-20(27-21(18)29-12-13-5-7-24-8-6-13)16(11-26-28)15-9-14-3-1-2-4-17(14)25-10-15/h1-4,9-11,13,24H,5-8,12,22-23H2. The number of nitrogen functional groups attached to an aromatic ring is 1. The van der Waals surface area contributed by atoms with Crippen LogP contribution in [0.2, 0.25) is 0 Å². The van der Waals surface area contributed by atoms with Crippen LogP contribution < -0.4 is 21.3 Å². The molecule has 1 saturated heterocycles. The van der Waals surface area contributed by atoms with Crippen LogP contribution >= 0.6 is 0 Å². The number of nitrogens with one attached hydrogen (secondary N) is 1. The Bertz CT molecular complexity index is 1180. The third kappa shape index (κ3) is 3.29. The van der Waals surface area contributed by atoms with Crippen LogP contribution in [0.1, 0.15) is 12.8 Å². The Hall–Kier alpha value is -3.13. The van der Waals surface area contributed by atoms with Crippen molar-refractivity contribution in [3.8, 4) is 17.0 Å². The third-order valence-corrected chi connectivity index (χ3v) is 5.70. The quantitative estimate of drug-likeness (QED) is 0.512. The van der Waals surface area contributed by atoms with Crippen LogP contribution in [0.15, 0.2) is 42.7 Å². The fourth-order valence-corrected chi connectivity index (χ4v) is 3.88. The number of para-hydroxylation sites is 1. The lowest BCUT2D eigenvalue weighted by molar-refractivity contribution is 0.211. The highest BCUT2D eigenvalue weighted by atomic mass is 16.5. The number of rotatable bonds is 4. The molecule has 3 aromatic heterocycles. The molecule has 1 aliphatic rings. The van der Waals surface area contributed by atoms with E-state index in [1.54, 1.807) is 10.7 Å². The number of aromatic nitrogens is 4. The first-order chi connectivity index (χ1) is 14.2. The highest BCUT2D eigenvalue weighted by molar-refractivity contribution is 6.37. The summed E-state index contributed by atoms with van der Waals surface area (Å²) in [5.41, 5.74) is 10.7. The van der Waals surface area contributed by atoms with E-state index in [0.717, 1.165) is 53.4 Å². The molecule has 0 saturated carbocycles. The molecule has 7 nitrogen and oxygen atoms in total. The van der Waals surface area contributed by atoms with E-state index in [2.05, 4.69) is 27.5 Å². The molecule has 1 aliphatic heterocycles. The van der Waals surface area contributed by atoms with E-state index < -0.39 is 0 Å². The first-order valence-electron chi connectivity index (χ1n) is 10.0. The Labute approximate surface area is 169 Å². The fourth-order valence-electron chi connectivity index (χ4n) is 3.88. The average Bonchev–Trinajstić information content (AvgIpc) is 3.19. The molecule has 3 N–H and O–H groups in total. The number of hydrogen-bond donors (Lipinski definition) is 2. The molecule has 0 atom stereocenters. The van der Waals surface area contributed by atoms with E-state index >= 15 is 0 Å². The maximum absolute atomic E-state index is 6.36. The average molecular weight is 386 g/mol. The lowest BCUT2D eigenvalue weighted by atomic mass is 9.97. The van der Waals surface area contributed by atoms with Gasteiger partial charge in [-0.25, -0.2) is 0 Å². The molecule has 8 heteroatoms. The van der Waals surface area contributed by atoms with Gasteiger partial charge in [0, 0.05) is 28.2 Å². The topological polar surface area (TPSA) is 90.4 Å². The zero-order valence-electron chi connectivity index (χ0n) is 16.4. The van der Waals surface area contributed by atoms with Crippen molar-refractivity contribution in [1.29, 1.82) is 0 Å². The first kappa shape index (κ1) is 17.9. The van der Waals surface area contributed by atoms with Gasteiger partial charge in [-0.3, -0.25) is 4.98 Å². The zero-order chi connectivity index (χ0) is 19.8. The van der Waals surface area contributed by atoms with Gasteiger partial charge in [0.2, 0.25) is 5.88 Å². The van der Waals surface area contributed by atoms with Gasteiger partial charge in [0.15, 0.2) is 13.5 Å². The minimum absolute atomic E-state index is 0.545.